The van der Waals surface area contributed by atoms with Gasteiger partial charge in [0.05, 0.1) is 10.5 Å². The number of benzene rings is 2. The molecular formula is C17H16F2N2O3S. The standard InChI is InChI=1S/C17H16F2N2O3S/c1-21(13-5-6-13)25(23,24)14-7-3-12(4-8-14)20-17(22)15-10-11(18)2-9-16(15)19/h2-4,7-10,13H,5-6H2,1H3,(H,20,22). The average molecular weight is 366 g/mol. The topological polar surface area (TPSA) is 66.5 Å². The number of carbonyl (C=O) groups excluding carboxylic acids is 1. The molecule has 1 aliphatic carbocycles. The van der Waals surface area contributed by atoms with Crippen LogP contribution in [0.2, 0.25) is 0 Å². The first-order chi connectivity index (χ1) is 11.8. The van der Waals surface area contributed by atoms with Crippen LogP contribution in [0.3, 0.4) is 0 Å². The molecule has 0 heterocycles. The van der Waals surface area contributed by atoms with Crippen LogP contribution in [-0.2, 0) is 10.0 Å². The molecule has 5 nitrogen and oxygen atoms in total. The average Bonchev–Trinajstić information content (AvgIpc) is 3.41. The third-order valence-electron chi connectivity index (χ3n) is 4.02. The van der Waals surface area contributed by atoms with Gasteiger partial charge in [0, 0.05) is 18.8 Å². The van der Waals surface area contributed by atoms with Crippen LogP contribution in [0.5, 0.6) is 0 Å². The molecule has 8 heteroatoms. The molecule has 0 unspecified atom stereocenters. The second-order valence-corrected chi connectivity index (χ2v) is 7.85. The van der Waals surface area contributed by atoms with Gasteiger partial charge in [-0.05, 0) is 55.3 Å². The van der Waals surface area contributed by atoms with Crippen molar-refractivity contribution in [3.8, 4) is 0 Å². The Morgan fingerprint density at radius 1 is 1.12 bits per heavy atom. The van der Waals surface area contributed by atoms with E-state index in [2.05, 4.69) is 5.32 Å². The summed E-state index contributed by atoms with van der Waals surface area (Å²) in [5.41, 5.74) is -0.146. The molecule has 1 N–H and O–H groups in total. The van der Waals surface area contributed by atoms with Crippen molar-refractivity contribution < 1.29 is 22.0 Å². The number of carbonyl (C=O) groups is 1. The molecule has 0 atom stereocenters. The van der Waals surface area contributed by atoms with Crippen LogP contribution in [0.1, 0.15) is 23.2 Å². The van der Waals surface area contributed by atoms with Gasteiger partial charge >= 0.3 is 0 Å². The van der Waals surface area contributed by atoms with E-state index in [1.54, 1.807) is 0 Å². The molecule has 0 aromatic heterocycles. The van der Waals surface area contributed by atoms with E-state index in [0.717, 1.165) is 31.0 Å². The SMILES string of the molecule is CN(C1CC1)S(=O)(=O)c1ccc(NC(=O)c2cc(F)ccc2F)cc1. The maximum Gasteiger partial charge on any atom is 0.258 e. The van der Waals surface area contributed by atoms with Gasteiger partial charge in [-0.2, -0.15) is 4.31 Å². The number of nitrogens with one attached hydrogen (secondary N) is 1. The lowest BCUT2D eigenvalue weighted by Crippen LogP contribution is -2.28. The molecule has 1 amide bonds. The van der Waals surface area contributed by atoms with Crippen molar-refractivity contribution in [2.45, 2.75) is 23.8 Å². The summed E-state index contributed by atoms with van der Waals surface area (Å²) in [5.74, 6) is -2.39. The van der Waals surface area contributed by atoms with E-state index in [1.807, 2.05) is 0 Å². The molecule has 0 aliphatic heterocycles. The maximum atomic E-state index is 13.6. The number of anilines is 1. The van der Waals surface area contributed by atoms with Crippen molar-refractivity contribution in [3.05, 3.63) is 59.7 Å². The Morgan fingerprint density at radius 3 is 2.36 bits per heavy atom. The summed E-state index contributed by atoms with van der Waals surface area (Å²) in [7, 11) is -2.04. The number of sulfonamides is 1. The maximum absolute atomic E-state index is 13.6. The van der Waals surface area contributed by atoms with E-state index < -0.39 is 33.1 Å². The van der Waals surface area contributed by atoms with Gasteiger partial charge < -0.3 is 5.32 Å². The summed E-state index contributed by atoms with van der Waals surface area (Å²) in [6.07, 6.45) is 1.70. The van der Waals surface area contributed by atoms with Gasteiger partial charge in [0.1, 0.15) is 11.6 Å². The molecule has 25 heavy (non-hydrogen) atoms. The van der Waals surface area contributed by atoms with Crippen LogP contribution in [0.4, 0.5) is 14.5 Å². The smallest absolute Gasteiger partial charge is 0.258 e. The molecule has 2 aromatic carbocycles. The quantitative estimate of drug-likeness (QED) is 0.885. The van der Waals surface area contributed by atoms with Gasteiger partial charge in [-0.1, -0.05) is 0 Å². The van der Waals surface area contributed by atoms with Crippen LogP contribution in [0.15, 0.2) is 47.4 Å². The molecule has 1 saturated carbocycles. The zero-order valence-corrected chi connectivity index (χ0v) is 14.2. The van der Waals surface area contributed by atoms with Crippen molar-refractivity contribution in [1.29, 1.82) is 0 Å². The van der Waals surface area contributed by atoms with Gasteiger partial charge in [-0.15, -0.1) is 0 Å². The highest BCUT2D eigenvalue weighted by Gasteiger charge is 2.34. The van der Waals surface area contributed by atoms with Crippen molar-refractivity contribution in [2.24, 2.45) is 0 Å². The molecule has 0 radical (unpaired) electrons. The van der Waals surface area contributed by atoms with Gasteiger partial charge in [0.2, 0.25) is 10.0 Å². The number of rotatable bonds is 5. The third-order valence-corrected chi connectivity index (χ3v) is 5.95. The highest BCUT2D eigenvalue weighted by Crippen LogP contribution is 2.30. The van der Waals surface area contributed by atoms with Crippen molar-refractivity contribution >= 4 is 21.6 Å². The molecule has 0 bridgehead atoms. The number of amides is 1. The second-order valence-electron chi connectivity index (χ2n) is 5.86. The van der Waals surface area contributed by atoms with Gasteiger partial charge in [-0.25, -0.2) is 17.2 Å². The molecular weight excluding hydrogens is 350 g/mol. The lowest BCUT2D eigenvalue weighted by molar-refractivity contribution is 0.102. The minimum atomic E-state index is -3.57. The fourth-order valence-electron chi connectivity index (χ4n) is 2.38. The third kappa shape index (κ3) is 3.69. The minimum absolute atomic E-state index is 0.0420. The Labute approximate surface area is 144 Å². The number of hydrogen-bond acceptors (Lipinski definition) is 3. The minimum Gasteiger partial charge on any atom is -0.322 e. The number of nitrogens with zero attached hydrogens (tertiary/aromatic N) is 1. The molecule has 132 valence electrons. The van der Waals surface area contributed by atoms with Crippen LogP contribution >= 0.6 is 0 Å². The van der Waals surface area contributed by atoms with Crippen LogP contribution in [0.25, 0.3) is 0 Å². The summed E-state index contributed by atoms with van der Waals surface area (Å²) in [5, 5.41) is 2.42. The normalized spacial score (nSPS) is 14.6. The van der Waals surface area contributed by atoms with Gasteiger partial charge in [0.25, 0.3) is 5.91 Å². The van der Waals surface area contributed by atoms with Crippen molar-refractivity contribution in [1.82, 2.24) is 4.31 Å². The first-order valence-electron chi connectivity index (χ1n) is 7.63. The fourth-order valence-corrected chi connectivity index (χ4v) is 3.80. The molecule has 0 saturated heterocycles. The summed E-state index contributed by atoms with van der Waals surface area (Å²) in [4.78, 5) is 12.1. The fraction of sp³-hybridized carbons (Fsp3) is 0.235. The Hall–Kier alpha value is -2.32. The number of halogens is 2. The molecule has 2 aromatic rings. The van der Waals surface area contributed by atoms with Gasteiger partial charge in [0.15, 0.2) is 0 Å². The zero-order valence-electron chi connectivity index (χ0n) is 13.4. The van der Waals surface area contributed by atoms with E-state index in [-0.39, 0.29) is 16.6 Å². The van der Waals surface area contributed by atoms with E-state index in [0.29, 0.717) is 0 Å². The van der Waals surface area contributed by atoms with Crippen LogP contribution in [0, 0.1) is 11.6 Å². The van der Waals surface area contributed by atoms with Gasteiger partial charge in [-0.3, -0.25) is 4.79 Å². The van der Waals surface area contributed by atoms with Crippen LogP contribution < -0.4 is 5.32 Å². The lowest BCUT2D eigenvalue weighted by atomic mass is 10.2. The molecule has 1 fully saturated rings. The Balaban J connectivity index is 1.76. The first kappa shape index (κ1) is 17.5. The summed E-state index contributed by atoms with van der Waals surface area (Å²) < 4.78 is 52.9. The second kappa shape index (κ2) is 6.53. The summed E-state index contributed by atoms with van der Waals surface area (Å²) in [6.45, 7) is 0. The lowest BCUT2D eigenvalue weighted by Gasteiger charge is -2.16. The zero-order chi connectivity index (χ0) is 18.2. The number of hydrogen-bond donors (Lipinski definition) is 1. The summed E-state index contributed by atoms with van der Waals surface area (Å²) >= 11 is 0. The Bertz CT molecular complexity index is 910. The molecule has 0 spiro atoms. The Kier molecular flexibility index (Phi) is 4.57. The predicted molar refractivity (Wildman–Crippen MR) is 88.7 cm³/mol. The predicted octanol–water partition coefficient (Wildman–Crippen LogP) is 3.00. The van der Waals surface area contributed by atoms with Crippen LogP contribution in [-0.4, -0.2) is 31.7 Å². The highest BCUT2D eigenvalue weighted by molar-refractivity contribution is 7.89. The largest absolute Gasteiger partial charge is 0.322 e. The van der Waals surface area contributed by atoms with E-state index in [9.17, 15) is 22.0 Å². The Morgan fingerprint density at radius 2 is 1.76 bits per heavy atom. The van der Waals surface area contributed by atoms with E-state index in [1.165, 1.54) is 35.6 Å². The monoisotopic (exact) mass is 366 g/mol. The highest BCUT2D eigenvalue weighted by atomic mass is 32.2. The van der Waals surface area contributed by atoms with Crippen molar-refractivity contribution in [3.63, 3.8) is 0 Å². The van der Waals surface area contributed by atoms with E-state index >= 15 is 0 Å². The van der Waals surface area contributed by atoms with Crippen molar-refractivity contribution in [2.75, 3.05) is 12.4 Å². The van der Waals surface area contributed by atoms with E-state index in [4.69, 9.17) is 0 Å². The summed E-state index contributed by atoms with van der Waals surface area (Å²) in [6, 6.07) is 8.17. The molecule has 3 rings (SSSR count). The molecule has 1 aliphatic rings. The first-order valence-corrected chi connectivity index (χ1v) is 9.07.